The van der Waals surface area contributed by atoms with Crippen LogP contribution >= 0.6 is 11.6 Å². The largest absolute Gasteiger partial charge is 0.291 e. The summed E-state index contributed by atoms with van der Waals surface area (Å²) in [5.74, 6) is -0.268. The topological polar surface area (TPSA) is 34.1 Å². The first-order chi connectivity index (χ1) is 13.7. The first-order valence-electron chi connectivity index (χ1n) is 9.51. The Morgan fingerprint density at radius 2 is 1.04 bits per heavy atom. The number of ketones is 2. The maximum Gasteiger partial charge on any atom is 0.217 e. The van der Waals surface area contributed by atoms with Crippen LogP contribution in [-0.2, 0) is 15.0 Å². The molecule has 0 aliphatic carbocycles. The van der Waals surface area contributed by atoms with Crippen LogP contribution in [0.4, 0.5) is 0 Å². The molecule has 0 heterocycles. The summed E-state index contributed by atoms with van der Waals surface area (Å²) in [4.78, 5) is 26.8. The summed E-state index contributed by atoms with van der Waals surface area (Å²) in [6, 6.07) is 28.7. The van der Waals surface area contributed by atoms with Crippen molar-refractivity contribution >= 4 is 23.2 Å². The van der Waals surface area contributed by atoms with E-state index in [4.69, 9.17) is 11.6 Å². The predicted molar refractivity (Wildman–Crippen MR) is 114 cm³/mol. The van der Waals surface area contributed by atoms with Gasteiger partial charge in [0.05, 0.1) is 0 Å². The smallest absolute Gasteiger partial charge is 0.217 e. The minimum atomic E-state index is -1.16. The Labute approximate surface area is 171 Å². The molecule has 0 saturated carbocycles. The van der Waals surface area contributed by atoms with Crippen molar-refractivity contribution in [2.24, 2.45) is 0 Å². The third kappa shape index (κ3) is 3.93. The van der Waals surface area contributed by atoms with Crippen LogP contribution in [0.2, 0.25) is 0 Å². The van der Waals surface area contributed by atoms with Gasteiger partial charge in [-0.25, -0.2) is 0 Å². The van der Waals surface area contributed by atoms with Gasteiger partial charge in [-0.3, -0.25) is 9.59 Å². The Kier molecular flexibility index (Phi) is 6.78. The Morgan fingerprint density at radius 3 is 1.39 bits per heavy atom. The third-order valence-electron chi connectivity index (χ3n) is 5.00. The van der Waals surface area contributed by atoms with Gasteiger partial charge in [0.15, 0.2) is 5.78 Å². The van der Waals surface area contributed by atoms with Gasteiger partial charge < -0.3 is 0 Å². The third-order valence-corrected chi connectivity index (χ3v) is 5.27. The molecule has 3 heteroatoms. The molecule has 0 atom stereocenters. The van der Waals surface area contributed by atoms with Gasteiger partial charge in [-0.15, -0.1) is 11.6 Å². The van der Waals surface area contributed by atoms with Crippen molar-refractivity contribution in [1.82, 2.24) is 0 Å². The molecular weight excluding hydrogens is 368 g/mol. The van der Waals surface area contributed by atoms with E-state index in [9.17, 15) is 9.59 Å². The summed E-state index contributed by atoms with van der Waals surface area (Å²) in [6.07, 6.45) is 1.54. The van der Waals surface area contributed by atoms with Crippen molar-refractivity contribution in [1.29, 1.82) is 0 Å². The monoisotopic (exact) mass is 390 g/mol. The maximum atomic E-state index is 13.8. The molecule has 0 N–H and O–H groups in total. The second-order valence-corrected chi connectivity index (χ2v) is 7.12. The fraction of sp³-hybridized carbons (Fsp3) is 0.200. The summed E-state index contributed by atoms with van der Waals surface area (Å²) in [5.41, 5.74) is 1.22. The highest BCUT2D eigenvalue weighted by molar-refractivity contribution is 6.42. The minimum Gasteiger partial charge on any atom is -0.291 e. The Balaban J connectivity index is 2.22. The van der Waals surface area contributed by atoms with Gasteiger partial charge in [0.1, 0.15) is 5.41 Å². The average molecular weight is 391 g/mol. The number of carbonyl (C=O) groups excluding carboxylic acids is 2. The van der Waals surface area contributed by atoms with Crippen LogP contribution < -0.4 is 0 Å². The highest BCUT2D eigenvalue weighted by Crippen LogP contribution is 2.40. The highest BCUT2D eigenvalue weighted by Gasteiger charge is 2.46. The molecule has 0 spiro atoms. The fourth-order valence-electron chi connectivity index (χ4n) is 3.66. The number of hydrogen-bond acceptors (Lipinski definition) is 2. The van der Waals surface area contributed by atoms with Gasteiger partial charge in [0.25, 0.3) is 0 Å². The molecule has 0 bridgehead atoms. The second-order valence-electron chi connectivity index (χ2n) is 6.75. The number of Topliss-reactive ketones (excluding diaryl/α,β-unsaturated/α-hetero) is 2. The van der Waals surface area contributed by atoms with Crippen LogP contribution in [0.1, 0.15) is 36.0 Å². The molecule has 3 rings (SSSR count). The van der Waals surface area contributed by atoms with E-state index in [0.717, 1.165) is 23.1 Å². The van der Waals surface area contributed by atoms with Crippen molar-refractivity contribution < 1.29 is 9.59 Å². The number of rotatable bonds is 9. The van der Waals surface area contributed by atoms with E-state index in [1.807, 2.05) is 91.0 Å². The lowest BCUT2D eigenvalue weighted by Gasteiger charge is -2.34. The summed E-state index contributed by atoms with van der Waals surface area (Å²) >= 11 is 5.75. The van der Waals surface area contributed by atoms with Crippen molar-refractivity contribution in [2.75, 3.05) is 5.88 Å². The molecule has 0 aliphatic heterocycles. The summed E-state index contributed by atoms with van der Waals surface area (Å²) in [5, 5.41) is 0. The number of benzene rings is 3. The van der Waals surface area contributed by atoms with Crippen LogP contribution in [-0.4, -0.2) is 17.4 Å². The van der Waals surface area contributed by atoms with Gasteiger partial charge in [0, 0.05) is 12.3 Å². The lowest BCUT2D eigenvalue weighted by molar-refractivity contribution is -0.138. The van der Waals surface area contributed by atoms with E-state index in [-0.39, 0.29) is 12.2 Å². The summed E-state index contributed by atoms with van der Waals surface area (Å²) in [6.45, 7) is 0. The Bertz CT molecular complexity index is 808. The second kappa shape index (κ2) is 9.48. The van der Waals surface area contributed by atoms with Crippen molar-refractivity contribution in [3.63, 3.8) is 0 Å². The van der Waals surface area contributed by atoms with E-state index >= 15 is 0 Å². The summed E-state index contributed by atoms with van der Waals surface area (Å²) in [7, 11) is 0. The molecule has 2 nitrogen and oxygen atoms in total. The zero-order valence-electron chi connectivity index (χ0n) is 15.7. The fourth-order valence-corrected chi connectivity index (χ4v) is 3.85. The number of alkyl halides is 1. The number of hydrogen-bond donors (Lipinski definition) is 0. The maximum absolute atomic E-state index is 13.8. The molecular formula is C25H23ClO2. The standard InChI is InChI=1S/C25H23ClO2/c26-19-11-10-18-23(27)24(28)25(20-12-4-1-5-13-20,21-14-6-2-7-15-21)22-16-8-3-9-17-22/h1-9,12-17H,10-11,18-19H2. The zero-order chi connectivity index (χ0) is 19.8. The number of halogens is 1. The van der Waals surface area contributed by atoms with Crippen molar-refractivity contribution in [3.8, 4) is 0 Å². The molecule has 142 valence electrons. The molecule has 0 amide bonds. The Morgan fingerprint density at radius 1 is 0.643 bits per heavy atom. The van der Waals surface area contributed by atoms with Crippen LogP contribution in [0.5, 0.6) is 0 Å². The van der Waals surface area contributed by atoms with E-state index < -0.39 is 11.2 Å². The van der Waals surface area contributed by atoms with E-state index in [2.05, 4.69) is 0 Å². The summed E-state index contributed by atoms with van der Waals surface area (Å²) < 4.78 is 0. The van der Waals surface area contributed by atoms with Gasteiger partial charge in [-0.1, -0.05) is 91.0 Å². The molecule has 0 unspecified atom stereocenters. The van der Waals surface area contributed by atoms with E-state index in [1.54, 1.807) is 0 Å². The average Bonchev–Trinajstić information content (AvgIpc) is 2.76. The van der Waals surface area contributed by atoms with Crippen molar-refractivity contribution in [2.45, 2.75) is 24.7 Å². The minimum absolute atomic E-state index is 0.208. The molecule has 0 radical (unpaired) electrons. The lowest BCUT2D eigenvalue weighted by Crippen LogP contribution is -2.42. The first-order valence-corrected chi connectivity index (χ1v) is 10.0. The molecule has 3 aromatic rings. The predicted octanol–water partition coefficient (Wildman–Crippen LogP) is 5.57. The van der Waals surface area contributed by atoms with Crippen LogP contribution in [0.3, 0.4) is 0 Å². The van der Waals surface area contributed by atoms with Crippen molar-refractivity contribution in [3.05, 3.63) is 108 Å². The molecule has 0 aliphatic rings. The molecule has 0 saturated heterocycles. The van der Waals surface area contributed by atoms with Gasteiger partial charge >= 0.3 is 0 Å². The molecule has 0 fully saturated rings. The van der Waals surface area contributed by atoms with Crippen LogP contribution in [0, 0.1) is 0 Å². The van der Waals surface area contributed by atoms with E-state index in [0.29, 0.717) is 12.3 Å². The molecule has 3 aromatic carbocycles. The van der Waals surface area contributed by atoms with Gasteiger partial charge in [-0.2, -0.15) is 0 Å². The van der Waals surface area contributed by atoms with Gasteiger partial charge in [0.2, 0.25) is 5.78 Å². The molecule has 0 aromatic heterocycles. The SMILES string of the molecule is O=C(CCCCCl)C(=O)C(c1ccccc1)(c1ccccc1)c1ccccc1. The normalized spacial score (nSPS) is 11.2. The van der Waals surface area contributed by atoms with Crippen LogP contribution in [0.25, 0.3) is 0 Å². The zero-order valence-corrected chi connectivity index (χ0v) is 16.4. The molecule has 28 heavy (non-hydrogen) atoms. The Hall–Kier alpha value is -2.71. The number of carbonyl (C=O) groups is 2. The lowest BCUT2D eigenvalue weighted by atomic mass is 9.65. The highest BCUT2D eigenvalue weighted by atomic mass is 35.5. The van der Waals surface area contributed by atoms with Gasteiger partial charge in [-0.05, 0) is 29.5 Å². The van der Waals surface area contributed by atoms with Crippen LogP contribution in [0.15, 0.2) is 91.0 Å². The quantitative estimate of drug-likeness (QED) is 0.207. The van der Waals surface area contributed by atoms with E-state index in [1.165, 1.54) is 0 Å². The number of unbranched alkanes of at least 4 members (excludes halogenated alkanes) is 1. The first kappa shape index (κ1) is 20.0.